The molecule has 0 aliphatic rings. The first-order chi connectivity index (χ1) is 17.7. The maximum absolute atomic E-state index is 13.3. The SMILES string of the molecule is CC(C)(O)Cc1cncc(-c2nc(Nc3ccnc(C(F)(F)F)c3)nc(-c3cccc(C(F)(F)F)n3)n2)c1. The van der Waals surface area contributed by atoms with Crippen molar-refractivity contribution in [3.8, 4) is 22.9 Å². The van der Waals surface area contributed by atoms with Gasteiger partial charge in [0.2, 0.25) is 5.95 Å². The quantitative estimate of drug-likeness (QED) is 0.312. The van der Waals surface area contributed by atoms with Gasteiger partial charge in [-0.25, -0.2) is 9.97 Å². The van der Waals surface area contributed by atoms with Crippen LogP contribution in [0.15, 0.2) is 55.0 Å². The summed E-state index contributed by atoms with van der Waals surface area (Å²) in [5.74, 6) is -0.551. The van der Waals surface area contributed by atoms with E-state index in [0.717, 1.165) is 24.4 Å². The average Bonchev–Trinajstić information content (AvgIpc) is 2.82. The van der Waals surface area contributed by atoms with Gasteiger partial charge in [-0.3, -0.25) is 9.97 Å². The first-order valence-electron chi connectivity index (χ1n) is 10.9. The highest BCUT2D eigenvalue weighted by molar-refractivity contribution is 5.63. The summed E-state index contributed by atoms with van der Waals surface area (Å²) < 4.78 is 79.1. The van der Waals surface area contributed by atoms with Gasteiger partial charge < -0.3 is 10.4 Å². The van der Waals surface area contributed by atoms with Gasteiger partial charge >= 0.3 is 12.4 Å². The molecule has 0 aliphatic heterocycles. The van der Waals surface area contributed by atoms with Gasteiger partial charge in [0.15, 0.2) is 11.6 Å². The second kappa shape index (κ2) is 9.93. The number of aromatic nitrogens is 6. The molecule has 0 aliphatic carbocycles. The van der Waals surface area contributed by atoms with Crippen molar-refractivity contribution in [2.24, 2.45) is 0 Å². The van der Waals surface area contributed by atoms with Crippen LogP contribution in [0.2, 0.25) is 0 Å². The third-order valence-electron chi connectivity index (χ3n) is 4.90. The van der Waals surface area contributed by atoms with Crippen LogP contribution in [0.1, 0.15) is 30.8 Å². The van der Waals surface area contributed by atoms with Crippen LogP contribution in [0, 0.1) is 0 Å². The van der Waals surface area contributed by atoms with Crippen molar-refractivity contribution in [1.29, 1.82) is 0 Å². The lowest BCUT2D eigenvalue weighted by Gasteiger charge is -2.17. The minimum absolute atomic E-state index is 0.0353. The smallest absolute Gasteiger partial charge is 0.390 e. The fourth-order valence-electron chi connectivity index (χ4n) is 3.39. The first kappa shape index (κ1) is 26.9. The van der Waals surface area contributed by atoms with Crippen molar-refractivity contribution in [3.05, 3.63) is 71.9 Å². The van der Waals surface area contributed by atoms with Gasteiger partial charge in [-0.1, -0.05) is 6.07 Å². The maximum Gasteiger partial charge on any atom is 0.433 e. The Morgan fingerprint density at radius 3 is 2.21 bits per heavy atom. The Labute approximate surface area is 211 Å². The van der Waals surface area contributed by atoms with Crippen LogP contribution in [0.5, 0.6) is 0 Å². The van der Waals surface area contributed by atoms with E-state index in [1.165, 1.54) is 24.5 Å². The Bertz CT molecular complexity index is 1450. The number of pyridine rings is 3. The Balaban J connectivity index is 1.82. The molecule has 4 aromatic rings. The molecule has 38 heavy (non-hydrogen) atoms. The van der Waals surface area contributed by atoms with E-state index in [0.29, 0.717) is 11.1 Å². The first-order valence-corrected chi connectivity index (χ1v) is 10.9. The van der Waals surface area contributed by atoms with Crippen LogP contribution in [0.3, 0.4) is 0 Å². The lowest BCUT2D eigenvalue weighted by molar-refractivity contribution is -0.141. The highest BCUT2D eigenvalue weighted by atomic mass is 19.4. The Kier molecular flexibility index (Phi) is 7.02. The van der Waals surface area contributed by atoms with Gasteiger partial charge in [0.25, 0.3) is 0 Å². The van der Waals surface area contributed by atoms with Gasteiger partial charge in [-0.15, -0.1) is 0 Å². The molecule has 4 heterocycles. The van der Waals surface area contributed by atoms with E-state index in [9.17, 15) is 31.4 Å². The summed E-state index contributed by atoms with van der Waals surface area (Å²) in [4.78, 5) is 23.6. The molecule has 0 bridgehead atoms. The number of hydrogen-bond donors (Lipinski definition) is 2. The van der Waals surface area contributed by atoms with Crippen molar-refractivity contribution in [2.45, 2.75) is 38.2 Å². The number of halogens is 6. The van der Waals surface area contributed by atoms with E-state index in [1.54, 1.807) is 19.9 Å². The number of nitrogens with one attached hydrogen (secondary N) is 1. The summed E-state index contributed by atoms with van der Waals surface area (Å²) in [5.41, 5.74) is -2.76. The van der Waals surface area contributed by atoms with E-state index >= 15 is 0 Å². The average molecular weight is 535 g/mol. The fraction of sp³-hybridized carbons (Fsp3) is 0.250. The van der Waals surface area contributed by atoms with Crippen molar-refractivity contribution in [2.75, 3.05) is 5.32 Å². The lowest BCUT2D eigenvalue weighted by atomic mass is 9.99. The van der Waals surface area contributed by atoms with E-state index in [2.05, 4.69) is 35.2 Å². The molecule has 0 spiro atoms. The van der Waals surface area contributed by atoms with Crippen LogP contribution in [-0.2, 0) is 18.8 Å². The molecule has 0 aromatic carbocycles. The second-order valence-corrected chi connectivity index (χ2v) is 8.84. The molecule has 0 unspecified atom stereocenters. The summed E-state index contributed by atoms with van der Waals surface area (Å²) in [5, 5.41) is 12.8. The Morgan fingerprint density at radius 1 is 0.816 bits per heavy atom. The Hall–Kier alpha value is -4.20. The molecular weight excluding hydrogens is 516 g/mol. The zero-order valence-electron chi connectivity index (χ0n) is 19.8. The minimum Gasteiger partial charge on any atom is -0.390 e. The number of aliphatic hydroxyl groups is 1. The van der Waals surface area contributed by atoms with Gasteiger partial charge in [-0.2, -0.15) is 36.3 Å². The number of nitrogens with zero attached hydrogens (tertiary/aromatic N) is 6. The summed E-state index contributed by atoms with van der Waals surface area (Å²) in [6.07, 6.45) is -5.36. The third kappa shape index (κ3) is 6.76. The van der Waals surface area contributed by atoms with E-state index < -0.39 is 29.3 Å². The van der Waals surface area contributed by atoms with Crippen LogP contribution >= 0.6 is 0 Å². The summed E-state index contributed by atoms with van der Waals surface area (Å²) >= 11 is 0. The highest BCUT2D eigenvalue weighted by Gasteiger charge is 2.33. The molecule has 0 saturated carbocycles. The monoisotopic (exact) mass is 535 g/mol. The van der Waals surface area contributed by atoms with Gasteiger partial charge in [0, 0.05) is 36.3 Å². The van der Waals surface area contributed by atoms with Crippen molar-refractivity contribution < 1.29 is 31.4 Å². The number of rotatable bonds is 6. The standard InChI is InChI=1S/C24H19F6N7O/c1-22(2,38)10-13-8-14(12-31-11-13)19-35-20(16-4-3-5-17(34-16)23(25,26)27)37-21(36-19)33-15-6-7-32-18(9-15)24(28,29)30/h3-9,11-12,38H,10H2,1-2H3,(H,32,33,35,36,37). The second-order valence-electron chi connectivity index (χ2n) is 8.84. The van der Waals surface area contributed by atoms with Crippen molar-refractivity contribution >= 4 is 11.6 Å². The fourth-order valence-corrected chi connectivity index (χ4v) is 3.39. The van der Waals surface area contributed by atoms with Gasteiger partial charge in [0.1, 0.15) is 17.1 Å². The van der Waals surface area contributed by atoms with Crippen molar-refractivity contribution in [3.63, 3.8) is 0 Å². The topological polar surface area (TPSA) is 110 Å². The lowest BCUT2D eigenvalue weighted by Crippen LogP contribution is -2.21. The predicted molar refractivity (Wildman–Crippen MR) is 124 cm³/mol. The molecule has 14 heteroatoms. The highest BCUT2D eigenvalue weighted by Crippen LogP contribution is 2.31. The molecule has 4 rings (SSSR count). The number of hydrogen-bond acceptors (Lipinski definition) is 8. The maximum atomic E-state index is 13.3. The molecule has 4 aromatic heterocycles. The van der Waals surface area contributed by atoms with E-state index in [-0.39, 0.29) is 35.4 Å². The van der Waals surface area contributed by atoms with E-state index in [4.69, 9.17) is 0 Å². The molecule has 0 saturated heterocycles. The Morgan fingerprint density at radius 2 is 1.53 bits per heavy atom. The largest absolute Gasteiger partial charge is 0.433 e. The molecule has 0 amide bonds. The van der Waals surface area contributed by atoms with Gasteiger partial charge in [0.05, 0.1) is 5.60 Å². The molecular formula is C24H19F6N7O. The van der Waals surface area contributed by atoms with Gasteiger partial charge in [-0.05, 0) is 49.7 Å². The summed E-state index contributed by atoms with van der Waals surface area (Å²) in [6, 6.07) is 6.77. The summed E-state index contributed by atoms with van der Waals surface area (Å²) in [6.45, 7) is 3.21. The van der Waals surface area contributed by atoms with Crippen LogP contribution in [0.25, 0.3) is 22.9 Å². The number of alkyl halides is 6. The molecule has 0 atom stereocenters. The molecule has 2 N–H and O–H groups in total. The molecule has 8 nitrogen and oxygen atoms in total. The minimum atomic E-state index is -4.73. The molecule has 0 radical (unpaired) electrons. The third-order valence-corrected chi connectivity index (χ3v) is 4.90. The van der Waals surface area contributed by atoms with Crippen molar-refractivity contribution in [1.82, 2.24) is 29.9 Å². The normalized spacial score (nSPS) is 12.4. The van der Waals surface area contributed by atoms with Crippen LogP contribution in [0.4, 0.5) is 38.0 Å². The predicted octanol–water partition coefficient (Wildman–Crippen LogP) is 5.49. The van der Waals surface area contributed by atoms with Crippen LogP contribution < -0.4 is 5.32 Å². The molecule has 0 fully saturated rings. The molecule has 198 valence electrons. The zero-order chi connectivity index (χ0) is 27.7. The zero-order valence-corrected chi connectivity index (χ0v) is 19.8. The van der Waals surface area contributed by atoms with E-state index in [1.807, 2.05) is 0 Å². The summed E-state index contributed by atoms with van der Waals surface area (Å²) in [7, 11) is 0. The number of anilines is 2. The van der Waals surface area contributed by atoms with Crippen LogP contribution in [-0.4, -0.2) is 40.6 Å².